The summed E-state index contributed by atoms with van der Waals surface area (Å²) in [6.07, 6.45) is 1.25. The van der Waals surface area contributed by atoms with E-state index in [4.69, 9.17) is 5.11 Å². The van der Waals surface area contributed by atoms with Crippen LogP contribution in [0.3, 0.4) is 0 Å². The van der Waals surface area contributed by atoms with Crippen LogP contribution in [0.4, 0.5) is 0 Å². The topological polar surface area (TPSA) is 61.4 Å². The van der Waals surface area contributed by atoms with Crippen molar-refractivity contribution in [1.82, 2.24) is 10.6 Å². The molecule has 0 atom stereocenters. The average Bonchev–Trinajstić information content (AvgIpc) is 2.69. The molecule has 0 bridgehead atoms. The SMILES string of the molecule is CCc1ccc(CNC2(CC(=O)O)CNC2)s1. The molecule has 0 spiro atoms. The van der Waals surface area contributed by atoms with Crippen molar-refractivity contribution in [3.05, 3.63) is 21.9 Å². The number of aryl methyl sites for hydroxylation is 1. The third-order valence-electron chi connectivity index (χ3n) is 3.12. The first-order valence-corrected chi connectivity index (χ1v) is 6.70. The Labute approximate surface area is 105 Å². The Morgan fingerprint density at radius 3 is 2.71 bits per heavy atom. The first kappa shape index (κ1) is 12.5. The van der Waals surface area contributed by atoms with Gasteiger partial charge in [-0.2, -0.15) is 0 Å². The maximum absolute atomic E-state index is 10.8. The Morgan fingerprint density at radius 1 is 1.53 bits per heavy atom. The molecule has 2 heterocycles. The molecule has 0 saturated carbocycles. The maximum atomic E-state index is 10.8. The fourth-order valence-electron chi connectivity index (χ4n) is 2.01. The molecule has 0 unspecified atom stereocenters. The summed E-state index contributed by atoms with van der Waals surface area (Å²) in [5.41, 5.74) is -0.248. The van der Waals surface area contributed by atoms with Crippen molar-refractivity contribution in [3.63, 3.8) is 0 Å². The molecule has 1 aliphatic heterocycles. The fraction of sp³-hybridized carbons (Fsp3) is 0.583. The molecule has 0 radical (unpaired) electrons. The van der Waals surface area contributed by atoms with Gasteiger partial charge in [-0.1, -0.05) is 6.92 Å². The van der Waals surface area contributed by atoms with Gasteiger partial charge in [-0.15, -0.1) is 11.3 Å². The van der Waals surface area contributed by atoms with Gasteiger partial charge in [0, 0.05) is 29.4 Å². The van der Waals surface area contributed by atoms with E-state index in [1.54, 1.807) is 11.3 Å². The van der Waals surface area contributed by atoms with Gasteiger partial charge in [-0.25, -0.2) is 0 Å². The van der Waals surface area contributed by atoms with Gasteiger partial charge in [0.15, 0.2) is 0 Å². The predicted molar refractivity (Wildman–Crippen MR) is 68.4 cm³/mol. The lowest BCUT2D eigenvalue weighted by Crippen LogP contribution is -2.68. The average molecular weight is 254 g/mol. The molecule has 1 aliphatic rings. The lowest BCUT2D eigenvalue weighted by Gasteiger charge is -2.42. The second kappa shape index (κ2) is 5.16. The van der Waals surface area contributed by atoms with Crippen LogP contribution in [0.25, 0.3) is 0 Å². The minimum absolute atomic E-state index is 0.187. The van der Waals surface area contributed by atoms with Crippen LogP contribution in [0.1, 0.15) is 23.1 Å². The predicted octanol–water partition coefficient (Wildman–Crippen LogP) is 1.22. The van der Waals surface area contributed by atoms with Gasteiger partial charge >= 0.3 is 5.97 Å². The first-order valence-electron chi connectivity index (χ1n) is 5.89. The Morgan fingerprint density at radius 2 is 2.24 bits per heavy atom. The third-order valence-corrected chi connectivity index (χ3v) is 4.35. The van der Waals surface area contributed by atoms with E-state index in [0.717, 1.165) is 26.1 Å². The molecule has 94 valence electrons. The van der Waals surface area contributed by atoms with Crippen molar-refractivity contribution in [3.8, 4) is 0 Å². The third kappa shape index (κ3) is 3.06. The van der Waals surface area contributed by atoms with Crippen LogP contribution in [0.2, 0.25) is 0 Å². The van der Waals surface area contributed by atoms with Gasteiger partial charge in [0.05, 0.1) is 12.0 Å². The van der Waals surface area contributed by atoms with E-state index in [2.05, 4.69) is 29.7 Å². The summed E-state index contributed by atoms with van der Waals surface area (Å²) in [7, 11) is 0. The van der Waals surface area contributed by atoms with Crippen LogP contribution >= 0.6 is 11.3 Å². The zero-order chi connectivity index (χ0) is 12.3. The Hall–Kier alpha value is -0.910. The van der Waals surface area contributed by atoms with Crippen molar-refractivity contribution in [1.29, 1.82) is 0 Å². The summed E-state index contributed by atoms with van der Waals surface area (Å²) >= 11 is 1.80. The summed E-state index contributed by atoms with van der Waals surface area (Å²) in [4.78, 5) is 13.5. The molecule has 17 heavy (non-hydrogen) atoms. The van der Waals surface area contributed by atoms with Crippen LogP contribution in [0.5, 0.6) is 0 Å². The normalized spacial score (nSPS) is 17.7. The monoisotopic (exact) mass is 254 g/mol. The van der Waals surface area contributed by atoms with E-state index in [1.165, 1.54) is 9.75 Å². The van der Waals surface area contributed by atoms with Gasteiger partial charge < -0.3 is 15.7 Å². The lowest BCUT2D eigenvalue weighted by atomic mass is 9.88. The highest BCUT2D eigenvalue weighted by molar-refractivity contribution is 7.11. The smallest absolute Gasteiger partial charge is 0.305 e. The highest BCUT2D eigenvalue weighted by Gasteiger charge is 2.38. The second-order valence-corrected chi connectivity index (χ2v) is 5.78. The Balaban J connectivity index is 1.89. The number of carbonyl (C=O) groups is 1. The summed E-state index contributed by atoms with van der Waals surface area (Å²) in [6.45, 7) is 4.39. The molecule has 4 nitrogen and oxygen atoms in total. The lowest BCUT2D eigenvalue weighted by molar-refractivity contribution is -0.139. The highest BCUT2D eigenvalue weighted by Crippen LogP contribution is 2.20. The summed E-state index contributed by atoms with van der Waals surface area (Å²) in [6, 6.07) is 4.27. The van der Waals surface area contributed by atoms with Crippen LogP contribution in [-0.4, -0.2) is 29.7 Å². The molecule has 1 aromatic rings. The zero-order valence-corrected chi connectivity index (χ0v) is 10.8. The van der Waals surface area contributed by atoms with Crippen LogP contribution in [0.15, 0.2) is 12.1 Å². The minimum atomic E-state index is -0.737. The van der Waals surface area contributed by atoms with Crippen LogP contribution in [0, 0.1) is 0 Å². The molecule has 1 aromatic heterocycles. The number of hydrogen-bond donors (Lipinski definition) is 3. The number of thiophene rings is 1. The van der Waals surface area contributed by atoms with Gasteiger partial charge in [-0.3, -0.25) is 4.79 Å². The number of carboxylic acids is 1. The largest absolute Gasteiger partial charge is 0.481 e. The number of rotatable bonds is 6. The standard InChI is InChI=1S/C12H18N2O2S/c1-2-9-3-4-10(17-9)6-14-12(5-11(15)16)7-13-8-12/h3-4,13-14H,2,5-8H2,1H3,(H,15,16). The quantitative estimate of drug-likeness (QED) is 0.714. The molecule has 2 rings (SSSR count). The van der Waals surface area contributed by atoms with Crippen LogP contribution in [-0.2, 0) is 17.8 Å². The number of aliphatic carboxylic acids is 1. The second-order valence-electron chi connectivity index (χ2n) is 4.53. The van der Waals surface area contributed by atoms with Gasteiger partial charge in [0.1, 0.15) is 0 Å². The van der Waals surface area contributed by atoms with E-state index in [-0.39, 0.29) is 12.0 Å². The van der Waals surface area contributed by atoms with Crippen molar-refractivity contribution in [2.75, 3.05) is 13.1 Å². The summed E-state index contributed by atoms with van der Waals surface area (Å²) in [5.74, 6) is -0.737. The molecule has 1 fully saturated rings. The van der Waals surface area contributed by atoms with Gasteiger partial charge in [-0.05, 0) is 18.6 Å². The van der Waals surface area contributed by atoms with E-state index in [9.17, 15) is 4.79 Å². The molecule has 3 N–H and O–H groups in total. The molecular formula is C12H18N2O2S. The molecule has 0 aliphatic carbocycles. The molecule has 1 saturated heterocycles. The first-order chi connectivity index (χ1) is 8.13. The van der Waals surface area contributed by atoms with Crippen molar-refractivity contribution in [2.24, 2.45) is 0 Å². The van der Waals surface area contributed by atoms with E-state index in [1.807, 2.05) is 0 Å². The van der Waals surface area contributed by atoms with E-state index >= 15 is 0 Å². The molecule has 5 heteroatoms. The van der Waals surface area contributed by atoms with E-state index in [0.29, 0.717) is 0 Å². The fourth-order valence-corrected chi connectivity index (χ4v) is 2.91. The highest BCUT2D eigenvalue weighted by atomic mass is 32.1. The van der Waals surface area contributed by atoms with Crippen LogP contribution < -0.4 is 10.6 Å². The van der Waals surface area contributed by atoms with Crippen molar-refractivity contribution in [2.45, 2.75) is 31.8 Å². The van der Waals surface area contributed by atoms with Crippen molar-refractivity contribution >= 4 is 17.3 Å². The number of nitrogens with one attached hydrogen (secondary N) is 2. The van der Waals surface area contributed by atoms with E-state index < -0.39 is 5.97 Å². The molecular weight excluding hydrogens is 236 g/mol. The Bertz CT molecular complexity index is 399. The van der Waals surface area contributed by atoms with Gasteiger partial charge in [0.25, 0.3) is 0 Å². The Kier molecular flexibility index (Phi) is 3.81. The number of hydrogen-bond acceptors (Lipinski definition) is 4. The summed E-state index contributed by atoms with van der Waals surface area (Å²) in [5, 5.41) is 15.4. The number of carboxylic acid groups (broad SMARTS) is 1. The van der Waals surface area contributed by atoms with Gasteiger partial charge in [0.2, 0.25) is 0 Å². The minimum Gasteiger partial charge on any atom is -0.481 e. The molecule has 0 amide bonds. The maximum Gasteiger partial charge on any atom is 0.305 e. The molecule has 0 aromatic carbocycles. The summed E-state index contributed by atoms with van der Waals surface area (Å²) < 4.78 is 0. The zero-order valence-electron chi connectivity index (χ0n) is 9.95. The van der Waals surface area contributed by atoms with Crippen molar-refractivity contribution < 1.29 is 9.90 Å².